The highest BCUT2D eigenvalue weighted by Crippen LogP contribution is 2.21. The Morgan fingerprint density at radius 2 is 1.95 bits per heavy atom. The molecule has 124 valence electrons. The summed E-state index contributed by atoms with van der Waals surface area (Å²) in [5, 5.41) is 16.1. The maximum atomic E-state index is 12.0. The molecule has 1 heterocycles. The van der Waals surface area contributed by atoms with Gasteiger partial charge in [-0.05, 0) is 12.5 Å². The van der Waals surface area contributed by atoms with E-state index in [-0.39, 0.29) is 20.3 Å². The molecule has 1 aliphatic heterocycles. The topological polar surface area (TPSA) is 73.7 Å². The molecular weight excluding hydrogens is 266 g/mol. The fourth-order valence-electron chi connectivity index (χ4n) is 1.71. The van der Waals surface area contributed by atoms with E-state index in [9.17, 15) is 9.90 Å². The fraction of sp³-hybridized carbons (Fsp3) is 0.750. The molecule has 1 aliphatic rings. The summed E-state index contributed by atoms with van der Waals surface area (Å²) < 4.78 is 0. The molecule has 0 aromatic heterocycles. The van der Waals surface area contributed by atoms with Crippen LogP contribution in [-0.4, -0.2) is 29.6 Å². The Labute approximate surface area is 130 Å². The average molecular weight is 299 g/mol. The van der Waals surface area contributed by atoms with Crippen LogP contribution in [0.5, 0.6) is 0 Å². The zero-order chi connectivity index (χ0) is 16.4. The van der Waals surface area contributed by atoms with E-state index in [1.165, 1.54) is 0 Å². The number of carbonyl (C=O) groups excluding carboxylic acids is 1. The van der Waals surface area contributed by atoms with Crippen molar-refractivity contribution in [3.63, 3.8) is 0 Å². The van der Waals surface area contributed by atoms with E-state index in [2.05, 4.69) is 15.6 Å². The summed E-state index contributed by atoms with van der Waals surface area (Å²) in [6.07, 6.45) is 1.47. The number of hydrogen-bond acceptors (Lipinski definition) is 4. The van der Waals surface area contributed by atoms with Gasteiger partial charge in [-0.3, -0.25) is 9.79 Å². The smallest absolute Gasteiger partial charge is 0.227 e. The lowest BCUT2D eigenvalue weighted by molar-refractivity contribution is -0.129. The van der Waals surface area contributed by atoms with Gasteiger partial charge in [-0.15, -0.1) is 0 Å². The normalized spacial score (nSPS) is 21.2. The van der Waals surface area contributed by atoms with Crippen molar-refractivity contribution in [3.8, 4) is 0 Å². The van der Waals surface area contributed by atoms with Crippen molar-refractivity contribution in [1.82, 2.24) is 10.6 Å². The van der Waals surface area contributed by atoms with Crippen LogP contribution in [0.15, 0.2) is 16.3 Å². The van der Waals surface area contributed by atoms with Crippen LogP contribution < -0.4 is 10.6 Å². The predicted molar refractivity (Wildman–Crippen MR) is 90.0 cm³/mol. The maximum Gasteiger partial charge on any atom is 0.227 e. The molecular formula is C16H33N3O2. The van der Waals surface area contributed by atoms with Gasteiger partial charge in [0.05, 0.1) is 5.70 Å². The number of aliphatic imine (C=N–C) groups is 1. The maximum absolute atomic E-state index is 12.0. The predicted octanol–water partition coefficient (Wildman–Crippen LogP) is 2.67. The number of nitrogens with zero attached hydrogens (tertiary/aromatic N) is 1. The monoisotopic (exact) mass is 299 g/mol. The second kappa shape index (κ2) is 6.18. The number of aliphatic hydroxyl groups excluding tert-OH is 1. The lowest BCUT2D eigenvalue weighted by Gasteiger charge is -2.30. The lowest BCUT2D eigenvalue weighted by atomic mass is 9.93. The number of carbonyl (C=O) groups is 1. The third-order valence-electron chi connectivity index (χ3n) is 3.43. The Kier molecular flexibility index (Phi) is 5.20. The molecule has 2 atom stereocenters. The molecule has 5 nitrogen and oxygen atoms in total. The van der Waals surface area contributed by atoms with Crippen molar-refractivity contribution in [3.05, 3.63) is 11.3 Å². The number of amides is 1. The summed E-state index contributed by atoms with van der Waals surface area (Å²) in [4.78, 5) is 16.3. The average Bonchev–Trinajstić information content (AvgIpc) is 2.30. The van der Waals surface area contributed by atoms with Gasteiger partial charge in [-0.1, -0.05) is 41.5 Å². The van der Waals surface area contributed by atoms with Crippen LogP contribution in [0, 0.1) is 10.8 Å². The first-order valence-corrected chi connectivity index (χ1v) is 7.40. The first-order valence-electron chi connectivity index (χ1n) is 7.40. The number of rotatable bonds is 3. The van der Waals surface area contributed by atoms with Gasteiger partial charge in [0.25, 0.3) is 0 Å². The molecule has 0 aromatic carbocycles. The lowest BCUT2D eigenvalue weighted by Crippen LogP contribution is -2.44. The number of hydrogen-bond donors (Lipinski definition) is 3. The second-order valence-corrected chi connectivity index (χ2v) is 7.83. The van der Waals surface area contributed by atoms with E-state index in [1.54, 1.807) is 6.21 Å². The number of allylic oxidation sites excluding steroid dienone is 1. The minimum absolute atomic E-state index is 0. The summed E-state index contributed by atoms with van der Waals surface area (Å²) in [6.45, 7) is 13.5. The van der Waals surface area contributed by atoms with Gasteiger partial charge >= 0.3 is 0 Å². The largest absolute Gasteiger partial charge is 0.373 e. The molecule has 1 rings (SSSR count). The highest BCUT2D eigenvalue weighted by atomic mass is 16.3. The van der Waals surface area contributed by atoms with E-state index < -0.39 is 11.6 Å². The van der Waals surface area contributed by atoms with Crippen LogP contribution in [0.4, 0.5) is 0 Å². The van der Waals surface area contributed by atoms with Crippen molar-refractivity contribution >= 4 is 12.1 Å². The molecule has 2 unspecified atom stereocenters. The standard InChI is InChI=1S/C16H29N3O2.2H2/c1-10-8-12(19-14(21)16(5,6)7)17-9-11(10)18-13(20)15(2,3)4;;/h9,12-13,18,20H,8H2,1-7H3,(H,19,21);2*1H. The third kappa shape index (κ3) is 5.16. The van der Waals surface area contributed by atoms with Gasteiger partial charge in [-0.2, -0.15) is 0 Å². The van der Waals surface area contributed by atoms with Crippen LogP contribution in [0.1, 0.15) is 57.7 Å². The Morgan fingerprint density at radius 3 is 2.38 bits per heavy atom. The Morgan fingerprint density at radius 1 is 1.38 bits per heavy atom. The number of dihydropyridines is 1. The molecule has 0 bridgehead atoms. The van der Waals surface area contributed by atoms with Crippen LogP contribution in [0.25, 0.3) is 0 Å². The Balaban J connectivity index is 0. The van der Waals surface area contributed by atoms with Crippen LogP contribution >= 0.6 is 0 Å². The van der Waals surface area contributed by atoms with Gasteiger partial charge in [-0.25, -0.2) is 0 Å². The fourth-order valence-corrected chi connectivity index (χ4v) is 1.71. The van der Waals surface area contributed by atoms with E-state index in [1.807, 2.05) is 48.5 Å². The van der Waals surface area contributed by atoms with Gasteiger partial charge in [0.2, 0.25) is 5.91 Å². The molecule has 1 amide bonds. The molecule has 0 aliphatic carbocycles. The summed E-state index contributed by atoms with van der Waals surface area (Å²) >= 11 is 0. The van der Waals surface area contributed by atoms with Gasteiger partial charge in [0.15, 0.2) is 0 Å². The molecule has 0 fully saturated rings. The van der Waals surface area contributed by atoms with E-state index in [0.29, 0.717) is 6.42 Å². The number of nitrogens with one attached hydrogen (secondary N) is 2. The first-order chi connectivity index (χ1) is 9.41. The quantitative estimate of drug-likeness (QED) is 0.701. The van der Waals surface area contributed by atoms with E-state index in [0.717, 1.165) is 11.3 Å². The molecule has 0 saturated carbocycles. The molecule has 0 saturated heterocycles. The van der Waals surface area contributed by atoms with Gasteiger partial charge < -0.3 is 15.7 Å². The highest BCUT2D eigenvalue weighted by Gasteiger charge is 2.27. The van der Waals surface area contributed by atoms with Crippen LogP contribution in [0.3, 0.4) is 0 Å². The molecule has 0 aromatic rings. The minimum atomic E-state index is -0.644. The highest BCUT2D eigenvalue weighted by molar-refractivity contribution is 5.83. The molecule has 0 spiro atoms. The Bertz CT molecular complexity index is 463. The zero-order valence-corrected chi connectivity index (χ0v) is 14.2. The van der Waals surface area contributed by atoms with Crippen molar-refractivity contribution in [2.75, 3.05) is 0 Å². The Hall–Kier alpha value is -1.36. The van der Waals surface area contributed by atoms with E-state index in [4.69, 9.17) is 0 Å². The molecule has 0 radical (unpaired) electrons. The molecule has 3 N–H and O–H groups in total. The third-order valence-corrected chi connectivity index (χ3v) is 3.43. The van der Waals surface area contributed by atoms with E-state index >= 15 is 0 Å². The SMILES string of the molecule is CC1=C(NC(O)C(C)(C)C)C=NC(NC(=O)C(C)(C)C)C1.[HH].[HH]. The molecule has 21 heavy (non-hydrogen) atoms. The van der Waals surface area contributed by atoms with Crippen LogP contribution in [0.2, 0.25) is 0 Å². The summed E-state index contributed by atoms with van der Waals surface area (Å²) in [5.74, 6) is -0.0106. The molecule has 5 heteroatoms. The van der Waals surface area contributed by atoms with Crippen molar-refractivity contribution in [1.29, 1.82) is 0 Å². The minimum Gasteiger partial charge on any atom is -0.373 e. The first kappa shape index (κ1) is 17.7. The summed E-state index contributed by atoms with van der Waals surface area (Å²) in [7, 11) is 0. The van der Waals surface area contributed by atoms with Gasteiger partial charge in [0, 0.05) is 26.3 Å². The summed E-state index contributed by atoms with van der Waals surface area (Å²) in [6, 6.07) is 0. The number of aliphatic hydroxyl groups is 1. The van der Waals surface area contributed by atoms with Crippen molar-refractivity contribution < 1.29 is 12.8 Å². The zero-order valence-electron chi connectivity index (χ0n) is 14.2. The second-order valence-electron chi connectivity index (χ2n) is 7.83. The van der Waals surface area contributed by atoms with Crippen molar-refractivity contribution in [2.24, 2.45) is 15.8 Å². The van der Waals surface area contributed by atoms with Crippen LogP contribution in [-0.2, 0) is 4.79 Å². The van der Waals surface area contributed by atoms with Gasteiger partial charge in [0.1, 0.15) is 12.4 Å². The van der Waals surface area contributed by atoms with Crippen molar-refractivity contribution in [2.45, 2.75) is 67.3 Å². The summed E-state index contributed by atoms with van der Waals surface area (Å²) in [5.41, 5.74) is 1.23.